The minimum absolute atomic E-state index is 0.0293. The molecule has 0 aliphatic carbocycles. The van der Waals surface area contributed by atoms with E-state index in [0.29, 0.717) is 22.9 Å². The molecule has 0 aliphatic heterocycles. The largest absolute Gasteiger partial charge is 0.416 e. The van der Waals surface area contributed by atoms with Gasteiger partial charge in [0.15, 0.2) is 5.69 Å². The van der Waals surface area contributed by atoms with Crippen LogP contribution in [0.25, 0.3) is 10.8 Å². The lowest BCUT2D eigenvalue weighted by Gasteiger charge is -2.08. The third-order valence-corrected chi connectivity index (χ3v) is 4.00. The Balaban J connectivity index is 1.83. The number of carbonyl (C=O) groups is 1. The van der Waals surface area contributed by atoms with Crippen LogP contribution in [0.15, 0.2) is 58.4 Å². The number of nitrogens with one attached hydrogen (secondary N) is 1. The topological polar surface area (TPSA) is 76.3 Å². The molecule has 1 amide bonds. The van der Waals surface area contributed by atoms with Gasteiger partial charge in [0.05, 0.1) is 17.2 Å². The fourth-order valence-electron chi connectivity index (χ4n) is 2.59. The van der Waals surface area contributed by atoms with E-state index in [0.717, 1.165) is 12.1 Å². The zero-order valence-corrected chi connectivity index (χ0v) is 14.7. The number of hydrogen-bond donors (Lipinski definition) is 1. The molecule has 6 nitrogen and oxygen atoms in total. The summed E-state index contributed by atoms with van der Waals surface area (Å²) < 4.78 is 38.9. The van der Waals surface area contributed by atoms with Gasteiger partial charge in [-0.05, 0) is 30.7 Å². The molecule has 0 spiro atoms. The van der Waals surface area contributed by atoms with Crippen LogP contribution in [0.1, 0.15) is 28.5 Å². The van der Waals surface area contributed by atoms with E-state index >= 15 is 0 Å². The predicted molar refractivity (Wildman–Crippen MR) is 98.2 cm³/mol. The summed E-state index contributed by atoms with van der Waals surface area (Å²) in [7, 11) is 0. The molecule has 0 atom stereocenters. The number of halogens is 3. The molecule has 0 fully saturated rings. The van der Waals surface area contributed by atoms with Gasteiger partial charge in [0, 0.05) is 11.9 Å². The van der Waals surface area contributed by atoms with E-state index in [-0.39, 0.29) is 11.3 Å². The Morgan fingerprint density at radius 3 is 2.39 bits per heavy atom. The number of alkyl halides is 3. The molecule has 9 heteroatoms. The van der Waals surface area contributed by atoms with E-state index in [2.05, 4.69) is 15.6 Å². The maximum Gasteiger partial charge on any atom is 0.416 e. The van der Waals surface area contributed by atoms with Crippen molar-refractivity contribution in [3.63, 3.8) is 0 Å². The molecule has 1 heterocycles. The van der Waals surface area contributed by atoms with Crippen LogP contribution in [0.3, 0.4) is 0 Å². The first-order valence-electron chi connectivity index (χ1n) is 8.31. The van der Waals surface area contributed by atoms with Crippen molar-refractivity contribution in [2.45, 2.75) is 19.6 Å². The quantitative estimate of drug-likeness (QED) is 0.551. The second-order valence-corrected chi connectivity index (χ2v) is 5.83. The van der Waals surface area contributed by atoms with E-state index in [1.165, 1.54) is 23.0 Å². The monoisotopic (exact) mass is 388 g/mol. The van der Waals surface area contributed by atoms with Crippen LogP contribution in [-0.4, -0.2) is 21.9 Å². The molecule has 0 radical (unpaired) electrons. The van der Waals surface area contributed by atoms with Gasteiger partial charge in [-0.3, -0.25) is 9.59 Å². The lowest BCUT2D eigenvalue weighted by atomic mass is 10.1. The van der Waals surface area contributed by atoms with Gasteiger partial charge in [-0.25, -0.2) is 10.1 Å². The first-order chi connectivity index (χ1) is 13.3. The van der Waals surface area contributed by atoms with Crippen molar-refractivity contribution in [1.82, 2.24) is 15.2 Å². The summed E-state index contributed by atoms with van der Waals surface area (Å²) in [5.41, 5.74) is 1.62. The number of amides is 1. The highest BCUT2D eigenvalue weighted by atomic mass is 19.4. The summed E-state index contributed by atoms with van der Waals surface area (Å²) in [5, 5.41) is 8.58. The normalized spacial score (nSPS) is 11.9. The van der Waals surface area contributed by atoms with Crippen LogP contribution in [0, 0.1) is 0 Å². The van der Waals surface area contributed by atoms with Gasteiger partial charge in [-0.2, -0.15) is 23.4 Å². The zero-order valence-electron chi connectivity index (χ0n) is 14.7. The lowest BCUT2D eigenvalue weighted by molar-refractivity contribution is -0.137. The predicted octanol–water partition coefficient (Wildman–Crippen LogP) is 3.20. The van der Waals surface area contributed by atoms with Gasteiger partial charge < -0.3 is 0 Å². The van der Waals surface area contributed by atoms with Gasteiger partial charge >= 0.3 is 6.18 Å². The molecule has 0 bridgehead atoms. The van der Waals surface area contributed by atoms with Crippen molar-refractivity contribution in [2.24, 2.45) is 5.10 Å². The molecule has 2 aromatic carbocycles. The first-order valence-corrected chi connectivity index (χ1v) is 8.31. The number of aryl methyl sites for hydroxylation is 1. The van der Waals surface area contributed by atoms with Crippen LogP contribution in [0.4, 0.5) is 13.2 Å². The maximum absolute atomic E-state index is 12.6. The van der Waals surface area contributed by atoms with E-state index in [1.807, 2.05) is 0 Å². The highest BCUT2D eigenvalue weighted by Crippen LogP contribution is 2.28. The number of fused-ring (bicyclic) bond motifs is 1. The smallest absolute Gasteiger partial charge is 0.267 e. The average Bonchev–Trinajstić information content (AvgIpc) is 2.68. The average molecular weight is 388 g/mol. The first kappa shape index (κ1) is 19.3. The molecule has 28 heavy (non-hydrogen) atoms. The van der Waals surface area contributed by atoms with Gasteiger partial charge in [0.25, 0.3) is 11.5 Å². The van der Waals surface area contributed by atoms with Crippen LogP contribution >= 0.6 is 0 Å². The third-order valence-electron chi connectivity index (χ3n) is 4.00. The fourth-order valence-corrected chi connectivity index (χ4v) is 2.59. The second-order valence-electron chi connectivity index (χ2n) is 5.83. The Morgan fingerprint density at radius 1 is 1.14 bits per heavy atom. The number of aromatic nitrogens is 2. The number of benzene rings is 2. The molecular formula is C19H15F3N4O2. The van der Waals surface area contributed by atoms with Gasteiger partial charge in [0.2, 0.25) is 0 Å². The van der Waals surface area contributed by atoms with E-state index < -0.39 is 17.6 Å². The van der Waals surface area contributed by atoms with E-state index in [4.69, 9.17) is 0 Å². The summed E-state index contributed by atoms with van der Waals surface area (Å²) >= 11 is 0. The van der Waals surface area contributed by atoms with Crippen molar-refractivity contribution in [3.05, 3.63) is 75.7 Å². The molecular weight excluding hydrogens is 373 g/mol. The van der Waals surface area contributed by atoms with Gasteiger partial charge in [-0.1, -0.05) is 30.3 Å². The van der Waals surface area contributed by atoms with Gasteiger partial charge in [0.1, 0.15) is 0 Å². The summed E-state index contributed by atoms with van der Waals surface area (Å²) in [5.74, 6) is -0.637. The third kappa shape index (κ3) is 3.93. The standard InChI is InChI=1S/C19H15F3N4O2/c1-2-26-18(28)15-6-4-3-5-14(15)16(25-26)17(27)24-23-11-12-7-9-13(10-8-12)19(20,21)22/h3-11H,2H2,1H3,(H,24,27)/b23-11+. The highest BCUT2D eigenvalue weighted by Gasteiger charge is 2.29. The summed E-state index contributed by atoms with van der Waals surface area (Å²) in [4.78, 5) is 24.8. The lowest BCUT2D eigenvalue weighted by Crippen LogP contribution is -2.28. The molecule has 3 rings (SSSR count). The highest BCUT2D eigenvalue weighted by molar-refractivity contribution is 6.04. The summed E-state index contributed by atoms with van der Waals surface area (Å²) in [6.07, 6.45) is -3.20. The van der Waals surface area contributed by atoms with Crippen molar-refractivity contribution in [1.29, 1.82) is 0 Å². The van der Waals surface area contributed by atoms with Crippen molar-refractivity contribution >= 4 is 22.9 Å². The van der Waals surface area contributed by atoms with Crippen molar-refractivity contribution in [2.75, 3.05) is 0 Å². The number of nitrogens with zero attached hydrogens (tertiary/aromatic N) is 3. The SMILES string of the molecule is CCn1nc(C(=O)N/N=C/c2ccc(C(F)(F)F)cc2)c2ccccc2c1=O. The number of carbonyl (C=O) groups excluding carboxylic acids is 1. The van der Waals surface area contributed by atoms with Crippen LogP contribution < -0.4 is 11.0 Å². The molecule has 144 valence electrons. The Bertz CT molecular complexity index is 1100. The van der Waals surface area contributed by atoms with Gasteiger partial charge in [-0.15, -0.1) is 0 Å². The Kier molecular flexibility index (Phi) is 5.25. The van der Waals surface area contributed by atoms with Crippen LogP contribution in [-0.2, 0) is 12.7 Å². The summed E-state index contributed by atoms with van der Waals surface area (Å²) in [6.45, 7) is 2.02. The van der Waals surface area contributed by atoms with E-state index in [1.54, 1.807) is 31.2 Å². The minimum atomic E-state index is -4.42. The van der Waals surface area contributed by atoms with Crippen LogP contribution in [0.2, 0.25) is 0 Å². The zero-order chi connectivity index (χ0) is 20.3. The number of hydrogen-bond acceptors (Lipinski definition) is 4. The molecule has 0 aliphatic rings. The van der Waals surface area contributed by atoms with E-state index in [9.17, 15) is 22.8 Å². The molecule has 0 unspecified atom stereocenters. The Labute approximate surface area is 157 Å². The number of rotatable bonds is 4. The minimum Gasteiger partial charge on any atom is -0.267 e. The maximum atomic E-state index is 12.6. The molecule has 0 saturated heterocycles. The fraction of sp³-hybridized carbons (Fsp3) is 0.158. The second kappa shape index (κ2) is 7.63. The van der Waals surface area contributed by atoms with Crippen molar-refractivity contribution in [3.8, 4) is 0 Å². The summed E-state index contributed by atoms with van der Waals surface area (Å²) in [6, 6.07) is 10.9. The molecule has 3 aromatic rings. The molecule has 1 N–H and O–H groups in total. The molecule has 1 aromatic heterocycles. The van der Waals surface area contributed by atoms with Crippen molar-refractivity contribution < 1.29 is 18.0 Å². The molecule has 0 saturated carbocycles. The van der Waals surface area contributed by atoms with Crippen LogP contribution in [0.5, 0.6) is 0 Å². The Morgan fingerprint density at radius 2 is 1.79 bits per heavy atom. The number of hydrazone groups is 1. The Hall–Kier alpha value is -3.49.